The summed E-state index contributed by atoms with van der Waals surface area (Å²) in [6, 6.07) is 5.98. The van der Waals surface area contributed by atoms with Crippen LogP contribution >= 0.6 is 0 Å². The molecular formula is C17H26N4O3S. The van der Waals surface area contributed by atoms with Gasteiger partial charge >= 0.3 is 0 Å². The molecule has 3 heterocycles. The SMILES string of the molecule is CC1NNC(C)C1S(=O)(=O)N1CCc2ccc(N3CCOCC3)cc21. The van der Waals surface area contributed by atoms with E-state index in [1.807, 2.05) is 19.9 Å². The summed E-state index contributed by atoms with van der Waals surface area (Å²) < 4.78 is 33.7. The van der Waals surface area contributed by atoms with Crippen LogP contribution in [-0.4, -0.2) is 58.6 Å². The maximum Gasteiger partial charge on any atom is 0.241 e. The Balaban J connectivity index is 1.66. The number of fused-ring (bicyclic) bond motifs is 1. The van der Waals surface area contributed by atoms with E-state index >= 15 is 0 Å². The van der Waals surface area contributed by atoms with Crippen molar-refractivity contribution in [1.82, 2.24) is 10.9 Å². The van der Waals surface area contributed by atoms with Crippen molar-refractivity contribution >= 4 is 21.4 Å². The number of rotatable bonds is 3. The standard InChI is InChI=1S/C17H26N4O3S/c1-12-17(13(2)19-18-12)25(22,23)21-6-5-14-3-4-15(11-16(14)21)20-7-9-24-10-8-20/h3-4,11-13,17-19H,5-10H2,1-2H3. The third-order valence-electron chi connectivity index (χ3n) is 5.47. The number of benzene rings is 1. The van der Waals surface area contributed by atoms with Crippen LogP contribution in [0, 0.1) is 0 Å². The minimum atomic E-state index is -3.43. The number of morpholine rings is 1. The molecule has 2 unspecified atom stereocenters. The van der Waals surface area contributed by atoms with E-state index in [-0.39, 0.29) is 12.1 Å². The lowest BCUT2D eigenvalue weighted by Gasteiger charge is -2.31. The fourth-order valence-corrected chi connectivity index (χ4v) is 6.40. The van der Waals surface area contributed by atoms with Crippen molar-refractivity contribution in [1.29, 1.82) is 0 Å². The summed E-state index contributed by atoms with van der Waals surface area (Å²) in [6.45, 7) is 7.48. The van der Waals surface area contributed by atoms with Gasteiger partial charge in [0.15, 0.2) is 0 Å². The molecule has 0 radical (unpaired) electrons. The monoisotopic (exact) mass is 366 g/mol. The second-order valence-corrected chi connectivity index (χ2v) is 9.13. The summed E-state index contributed by atoms with van der Waals surface area (Å²) in [5.41, 5.74) is 9.15. The fourth-order valence-electron chi connectivity index (χ4n) is 4.14. The second-order valence-electron chi connectivity index (χ2n) is 7.11. The first kappa shape index (κ1) is 17.1. The van der Waals surface area contributed by atoms with Crippen LogP contribution in [0.4, 0.5) is 11.4 Å². The Morgan fingerprint density at radius 1 is 1.08 bits per heavy atom. The van der Waals surface area contributed by atoms with E-state index in [1.165, 1.54) is 0 Å². The maximum atomic E-state index is 13.3. The normalized spacial score (nSPS) is 29.9. The molecule has 1 aromatic rings. The Morgan fingerprint density at radius 2 is 1.76 bits per heavy atom. The van der Waals surface area contributed by atoms with Crippen LogP contribution in [0.3, 0.4) is 0 Å². The number of hydrogen-bond donors (Lipinski definition) is 2. The molecule has 2 N–H and O–H groups in total. The van der Waals surface area contributed by atoms with Crippen molar-refractivity contribution in [2.24, 2.45) is 0 Å². The van der Waals surface area contributed by atoms with Crippen LogP contribution in [0.25, 0.3) is 0 Å². The lowest BCUT2D eigenvalue weighted by molar-refractivity contribution is 0.122. The summed E-state index contributed by atoms with van der Waals surface area (Å²) in [6.07, 6.45) is 0.772. The zero-order valence-corrected chi connectivity index (χ0v) is 15.6. The minimum absolute atomic E-state index is 0.119. The molecule has 7 nitrogen and oxygen atoms in total. The van der Waals surface area contributed by atoms with Crippen molar-refractivity contribution in [2.45, 2.75) is 37.6 Å². The molecule has 2 fully saturated rings. The van der Waals surface area contributed by atoms with Gasteiger partial charge in [-0.1, -0.05) is 6.07 Å². The summed E-state index contributed by atoms with van der Waals surface area (Å²) in [5, 5.41) is -0.467. The van der Waals surface area contributed by atoms with Crippen molar-refractivity contribution < 1.29 is 13.2 Å². The molecule has 0 aliphatic carbocycles. The van der Waals surface area contributed by atoms with Gasteiger partial charge in [-0.2, -0.15) is 0 Å². The molecule has 2 atom stereocenters. The van der Waals surface area contributed by atoms with Gasteiger partial charge in [0.25, 0.3) is 0 Å². The summed E-state index contributed by atoms with van der Waals surface area (Å²) >= 11 is 0. The number of nitrogens with one attached hydrogen (secondary N) is 2. The van der Waals surface area contributed by atoms with Crippen LogP contribution < -0.4 is 20.1 Å². The van der Waals surface area contributed by atoms with E-state index < -0.39 is 15.3 Å². The molecule has 3 aliphatic rings. The predicted molar refractivity (Wildman–Crippen MR) is 98.4 cm³/mol. The Labute approximate surface area is 149 Å². The summed E-state index contributed by atoms with van der Waals surface area (Å²) in [4.78, 5) is 2.26. The van der Waals surface area contributed by atoms with Gasteiger partial charge < -0.3 is 9.64 Å². The Morgan fingerprint density at radius 3 is 2.44 bits per heavy atom. The van der Waals surface area contributed by atoms with Crippen LogP contribution in [-0.2, 0) is 21.2 Å². The predicted octanol–water partition coefficient (Wildman–Crippen LogP) is 0.469. The molecule has 4 rings (SSSR count). The highest BCUT2D eigenvalue weighted by atomic mass is 32.2. The first-order valence-electron chi connectivity index (χ1n) is 8.97. The molecule has 8 heteroatoms. The molecule has 2 saturated heterocycles. The number of nitrogens with zero attached hydrogens (tertiary/aromatic N) is 2. The zero-order valence-electron chi connectivity index (χ0n) is 14.7. The average Bonchev–Trinajstić information content (AvgIpc) is 3.19. The topological polar surface area (TPSA) is 73.9 Å². The molecule has 138 valence electrons. The second kappa shape index (κ2) is 6.42. The van der Waals surface area contributed by atoms with Crippen LogP contribution in [0.2, 0.25) is 0 Å². The van der Waals surface area contributed by atoms with E-state index in [4.69, 9.17) is 4.74 Å². The third kappa shape index (κ3) is 2.91. The summed E-state index contributed by atoms with van der Waals surface area (Å²) in [7, 11) is -3.43. The quantitative estimate of drug-likeness (QED) is 0.810. The number of sulfonamides is 1. The number of hydrogen-bond acceptors (Lipinski definition) is 6. The molecule has 25 heavy (non-hydrogen) atoms. The zero-order chi connectivity index (χ0) is 17.6. The first-order valence-corrected chi connectivity index (χ1v) is 10.5. The van der Waals surface area contributed by atoms with E-state index in [0.29, 0.717) is 19.8 Å². The lowest BCUT2D eigenvalue weighted by atomic mass is 10.1. The molecule has 0 bridgehead atoms. The number of hydrazine groups is 1. The van der Waals surface area contributed by atoms with Crippen LogP contribution in [0.5, 0.6) is 0 Å². The third-order valence-corrected chi connectivity index (χ3v) is 7.97. The Kier molecular flexibility index (Phi) is 4.39. The van der Waals surface area contributed by atoms with E-state index in [1.54, 1.807) is 4.31 Å². The Bertz CT molecular complexity index is 738. The van der Waals surface area contributed by atoms with Crippen molar-refractivity contribution in [3.05, 3.63) is 23.8 Å². The van der Waals surface area contributed by atoms with Gasteiger partial charge in [0.1, 0.15) is 5.25 Å². The average molecular weight is 366 g/mol. The summed E-state index contributed by atoms with van der Waals surface area (Å²) in [5.74, 6) is 0. The molecule has 0 saturated carbocycles. The largest absolute Gasteiger partial charge is 0.378 e. The maximum absolute atomic E-state index is 13.3. The molecule has 3 aliphatic heterocycles. The van der Waals surface area contributed by atoms with Gasteiger partial charge in [0, 0.05) is 37.4 Å². The first-order chi connectivity index (χ1) is 12.0. The van der Waals surface area contributed by atoms with Crippen molar-refractivity contribution in [3.63, 3.8) is 0 Å². The van der Waals surface area contributed by atoms with Crippen LogP contribution in [0.1, 0.15) is 19.4 Å². The highest BCUT2D eigenvalue weighted by Crippen LogP contribution is 2.36. The highest BCUT2D eigenvalue weighted by Gasteiger charge is 2.45. The molecule has 0 spiro atoms. The van der Waals surface area contributed by atoms with Gasteiger partial charge in [0.05, 0.1) is 18.9 Å². The Hall–Kier alpha value is -1.35. The fraction of sp³-hybridized carbons (Fsp3) is 0.647. The minimum Gasteiger partial charge on any atom is -0.378 e. The van der Waals surface area contributed by atoms with Crippen molar-refractivity contribution in [3.8, 4) is 0 Å². The molecular weight excluding hydrogens is 340 g/mol. The van der Waals surface area contributed by atoms with Gasteiger partial charge in [0.2, 0.25) is 10.0 Å². The smallest absolute Gasteiger partial charge is 0.241 e. The van der Waals surface area contributed by atoms with Gasteiger partial charge in [-0.25, -0.2) is 8.42 Å². The molecule has 0 amide bonds. The molecule has 1 aromatic carbocycles. The molecule has 0 aromatic heterocycles. The lowest BCUT2D eigenvalue weighted by Crippen LogP contribution is -2.46. The van der Waals surface area contributed by atoms with Gasteiger partial charge in [-0.05, 0) is 38.0 Å². The van der Waals surface area contributed by atoms with Crippen molar-refractivity contribution in [2.75, 3.05) is 42.1 Å². The van der Waals surface area contributed by atoms with E-state index in [0.717, 1.165) is 36.4 Å². The van der Waals surface area contributed by atoms with Gasteiger partial charge in [-0.3, -0.25) is 15.2 Å². The van der Waals surface area contributed by atoms with Crippen LogP contribution in [0.15, 0.2) is 18.2 Å². The highest BCUT2D eigenvalue weighted by molar-refractivity contribution is 7.93. The van der Waals surface area contributed by atoms with E-state index in [9.17, 15) is 8.42 Å². The number of anilines is 2. The van der Waals surface area contributed by atoms with E-state index in [2.05, 4.69) is 27.9 Å². The number of ether oxygens (including phenoxy) is 1. The van der Waals surface area contributed by atoms with Gasteiger partial charge in [-0.15, -0.1) is 0 Å².